The molecule has 5 heteroatoms. The number of aliphatic imine (C=N–C) groups is 1. The number of carbonyl (C=O) groups excluding carboxylic acids is 1. The zero-order chi connectivity index (χ0) is 20.4. The zero-order valence-corrected chi connectivity index (χ0v) is 17.2. The number of benzene rings is 2. The van der Waals surface area contributed by atoms with Crippen molar-refractivity contribution in [1.29, 1.82) is 0 Å². The first-order chi connectivity index (χ1) is 14.1. The Bertz CT molecular complexity index is 969. The van der Waals surface area contributed by atoms with Gasteiger partial charge in [0.2, 0.25) is 0 Å². The maximum Gasteiger partial charge on any atom is 0.254 e. The molecule has 1 saturated carbocycles. The number of rotatable bonds is 5. The van der Waals surface area contributed by atoms with Crippen molar-refractivity contribution in [2.24, 2.45) is 15.9 Å². The molecule has 4 rings (SSSR count). The lowest BCUT2D eigenvalue weighted by Gasteiger charge is -2.23. The summed E-state index contributed by atoms with van der Waals surface area (Å²) in [5.74, 6) is 5.67. The van der Waals surface area contributed by atoms with Crippen LogP contribution in [0.1, 0.15) is 63.9 Å². The average molecular weight is 389 g/mol. The van der Waals surface area contributed by atoms with Crippen LogP contribution in [0.15, 0.2) is 46.5 Å². The smallest absolute Gasteiger partial charge is 0.254 e. The molecule has 1 heterocycles. The Morgan fingerprint density at radius 1 is 1.21 bits per heavy atom. The molecule has 1 aliphatic carbocycles. The van der Waals surface area contributed by atoms with Gasteiger partial charge in [-0.1, -0.05) is 43.2 Å². The van der Waals surface area contributed by atoms with Crippen molar-refractivity contribution in [1.82, 2.24) is 4.90 Å². The molecule has 5 nitrogen and oxygen atoms in total. The number of hydrogen-bond acceptors (Lipinski definition) is 4. The van der Waals surface area contributed by atoms with Crippen LogP contribution in [-0.4, -0.2) is 35.8 Å². The van der Waals surface area contributed by atoms with Gasteiger partial charge in [-0.25, -0.2) is 0 Å². The van der Waals surface area contributed by atoms with Gasteiger partial charge in [0.05, 0.1) is 0 Å². The highest BCUT2D eigenvalue weighted by Gasteiger charge is 2.34. The molecule has 150 valence electrons. The van der Waals surface area contributed by atoms with Gasteiger partial charge in [-0.3, -0.25) is 9.79 Å². The van der Waals surface area contributed by atoms with Crippen molar-refractivity contribution in [3.63, 3.8) is 0 Å². The van der Waals surface area contributed by atoms with Crippen LogP contribution in [0.3, 0.4) is 0 Å². The van der Waals surface area contributed by atoms with Gasteiger partial charge in [0, 0.05) is 37.0 Å². The Morgan fingerprint density at radius 2 is 1.93 bits per heavy atom. The van der Waals surface area contributed by atoms with Crippen LogP contribution in [0.2, 0.25) is 0 Å². The Balaban J connectivity index is 1.54. The first-order valence-corrected chi connectivity index (χ1v) is 10.3. The molecule has 0 aromatic heterocycles. The third kappa shape index (κ3) is 3.82. The largest absolute Gasteiger partial charge is 0.331 e. The van der Waals surface area contributed by atoms with Crippen LogP contribution in [0.25, 0.3) is 0 Å². The lowest BCUT2D eigenvalue weighted by atomic mass is 9.95. The van der Waals surface area contributed by atoms with Crippen molar-refractivity contribution >= 4 is 17.8 Å². The second-order valence-corrected chi connectivity index (χ2v) is 8.08. The van der Waals surface area contributed by atoms with Crippen molar-refractivity contribution in [3.05, 3.63) is 69.8 Å². The van der Waals surface area contributed by atoms with Crippen LogP contribution in [0.4, 0.5) is 0 Å². The molecule has 0 bridgehead atoms. The fourth-order valence-corrected chi connectivity index (χ4v) is 4.57. The molecular weight excluding hydrogens is 360 g/mol. The van der Waals surface area contributed by atoms with Gasteiger partial charge in [-0.05, 0) is 54.5 Å². The molecule has 1 amide bonds. The summed E-state index contributed by atoms with van der Waals surface area (Å²) in [7, 11) is 1.70. The summed E-state index contributed by atoms with van der Waals surface area (Å²) in [5.41, 5.74) is 7.32. The van der Waals surface area contributed by atoms with E-state index in [1.807, 2.05) is 12.1 Å². The van der Waals surface area contributed by atoms with Gasteiger partial charge < -0.3 is 10.7 Å². The van der Waals surface area contributed by atoms with E-state index in [9.17, 15) is 4.79 Å². The van der Waals surface area contributed by atoms with Crippen LogP contribution in [-0.2, 0) is 13.0 Å². The SMILES string of the molecule is CN=CC(=NN)c1ccc(Cc2cc3c(cc2C)CN(C2CCCC2)C3=O)cc1. The zero-order valence-electron chi connectivity index (χ0n) is 17.2. The molecular formula is C24H28N4O. The second kappa shape index (κ2) is 8.19. The van der Waals surface area contributed by atoms with E-state index in [0.717, 1.165) is 36.9 Å². The third-order valence-electron chi connectivity index (χ3n) is 6.19. The van der Waals surface area contributed by atoms with E-state index in [1.165, 1.54) is 35.1 Å². The normalized spacial score (nSPS) is 17.5. The van der Waals surface area contributed by atoms with Gasteiger partial charge in [-0.15, -0.1) is 0 Å². The van der Waals surface area contributed by atoms with Crippen molar-refractivity contribution in [2.75, 3.05) is 7.05 Å². The van der Waals surface area contributed by atoms with Crippen molar-refractivity contribution in [2.45, 2.75) is 51.6 Å². The summed E-state index contributed by atoms with van der Waals surface area (Å²) >= 11 is 0. The van der Waals surface area contributed by atoms with Crippen LogP contribution < -0.4 is 5.84 Å². The number of hydrazone groups is 1. The summed E-state index contributed by atoms with van der Waals surface area (Å²) in [6.45, 7) is 2.92. The molecule has 0 saturated heterocycles. The average Bonchev–Trinajstić information content (AvgIpc) is 3.36. The molecule has 2 aromatic rings. The number of nitrogens with zero attached hydrogens (tertiary/aromatic N) is 3. The van der Waals surface area contributed by atoms with Gasteiger partial charge in [-0.2, -0.15) is 5.10 Å². The standard InChI is InChI=1S/C24H28N4O/c1-16-11-20-15-28(21-5-3-4-6-21)24(29)22(20)13-19(16)12-17-7-9-18(10-8-17)23(27-25)14-26-2/h7-11,13-14,21H,3-6,12,15,25H2,1-2H3. The maximum atomic E-state index is 13.0. The number of amides is 1. The lowest BCUT2D eigenvalue weighted by Crippen LogP contribution is -2.33. The number of nitrogens with two attached hydrogens (primary N) is 1. The van der Waals surface area contributed by atoms with E-state index >= 15 is 0 Å². The summed E-state index contributed by atoms with van der Waals surface area (Å²) in [6, 6.07) is 13.0. The third-order valence-corrected chi connectivity index (χ3v) is 6.19. The van der Waals surface area contributed by atoms with Gasteiger partial charge >= 0.3 is 0 Å². The minimum Gasteiger partial charge on any atom is -0.331 e. The lowest BCUT2D eigenvalue weighted by molar-refractivity contribution is 0.0707. The predicted octanol–water partition coefficient (Wildman–Crippen LogP) is 3.85. The van der Waals surface area contributed by atoms with Gasteiger partial charge in [0.15, 0.2) is 0 Å². The highest BCUT2D eigenvalue weighted by atomic mass is 16.2. The molecule has 0 unspecified atom stereocenters. The van der Waals surface area contributed by atoms with E-state index < -0.39 is 0 Å². The minimum atomic E-state index is 0.214. The Kier molecular flexibility index (Phi) is 5.47. The maximum absolute atomic E-state index is 13.0. The number of aryl methyl sites for hydroxylation is 1. The molecule has 1 aliphatic heterocycles. The fraction of sp³-hybridized carbons (Fsp3) is 0.375. The molecule has 2 aliphatic rings. The van der Waals surface area contributed by atoms with E-state index in [1.54, 1.807) is 13.3 Å². The first-order valence-electron chi connectivity index (χ1n) is 10.3. The molecule has 29 heavy (non-hydrogen) atoms. The topological polar surface area (TPSA) is 71.0 Å². The summed E-state index contributed by atoms with van der Waals surface area (Å²) in [4.78, 5) is 19.1. The Morgan fingerprint density at radius 3 is 2.59 bits per heavy atom. The van der Waals surface area contributed by atoms with E-state index in [0.29, 0.717) is 11.8 Å². The van der Waals surface area contributed by atoms with Gasteiger partial charge in [0.25, 0.3) is 5.91 Å². The van der Waals surface area contributed by atoms with Crippen molar-refractivity contribution < 1.29 is 4.79 Å². The van der Waals surface area contributed by atoms with Gasteiger partial charge in [0.1, 0.15) is 5.71 Å². The fourth-order valence-electron chi connectivity index (χ4n) is 4.57. The summed E-state index contributed by atoms with van der Waals surface area (Å²) in [5, 5.41) is 3.79. The highest BCUT2D eigenvalue weighted by Crippen LogP contribution is 2.33. The molecule has 0 radical (unpaired) electrons. The van der Waals surface area contributed by atoms with E-state index in [2.05, 4.69) is 46.2 Å². The van der Waals surface area contributed by atoms with Crippen LogP contribution >= 0.6 is 0 Å². The Labute approximate surface area is 172 Å². The molecule has 0 spiro atoms. The quantitative estimate of drug-likeness (QED) is 0.480. The molecule has 0 atom stereocenters. The van der Waals surface area contributed by atoms with Crippen molar-refractivity contribution in [3.8, 4) is 0 Å². The second-order valence-electron chi connectivity index (χ2n) is 8.08. The van der Waals surface area contributed by atoms with E-state index in [4.69, 9.17) is 5.84 Å². The number of fused-ring (bicyclic) bond motifs is 1. The molecule has 2 N–H and O–H groups in total. The number of carbonyl (C=O) groups is 1. The predicted molar refractivity (Wildman–Crippen MR) is 118 cm³/mol. The van der Waals surface area contributed by atoms with Crippen LogP contribution in [0, 0.1) is 6.92 Å². The van der Waals surface area contributed by atoms with Crippen LogP contribution in [0.5, 0.6) is 0 Å². The first kappa shape index (κ1) is 19.4. The minimum absolute atomic E-state index is 0.214. The van der Waals surface area contributed by atoms with E-state index in [-0.39, 0.29) is 5.91 Å². The highest BCUT2D eigenvalue weighted by molar-refractivity contribution is 6.38. The summed E-state index contributed by atoms with van der Waals surface area (Å²) in [6.07, 6.45) is 7.23. The monoisotopic (exact) mass is 388 g/mol. The molecule has 2 aromatic carbocycles. The number of hydrogen-bond donors (Lipinski definition) is 1. The molecule has 1 fully saturated rings. The Hall–Kier alpha value is -2.95. The summed E-state index contributed by atoms with van der Waals surface area (Å²) < 4.78 is 0.